The zero-order valence-electron chi connectivity index (χ0n) is 16.7. The fourth-order valence-electron chi connectivity index (χ4n) is 3.48. The Morgan fingerprint density at radius 2 is 1.62 bits per heavy atom. The van der Waals surface area contributed by atoms with Crippen molar-refractivity contribution in [2.24, 2.45) is 0 Å². The van der Waals surface area contributed by atoms with Crippen molar-refractivity contribution in [2.45, 2.75) is 20.8 Å². The summed E-state index contributed by atoms with van der Waals surface area (Å²) in [4.78, 5) is 16.9. The number of rotatable bonds is 4. The third-order valence-electron chi connectivity index (χ3n) is 4.75. The second-order valence-corrected chi connectivity index (χ2v) is 7.17. The molecule has 0 radical (unpaired) electrons. The summed E-state index contributed by atoms with van der Waals surface area (Å²) >= 11 is 0. The van der Waals surface area contributed by atoms with Crippen LogP contribution in [0.3, 0.4) is 0 Å². The van der Waals surface area contributed by atoms with E-state index in [0.29, 0.717) is 36.0 Å². The lowest BCUT2D eigenvalue weighted by molar-refractivity contribution is 0.102. The molecule has 3 aromatic rings. The van der Waals surface area contributed by atoms with E-state index >= 15 is 0 Å². The Morgan fingerprint density at radius 1 is 0.897 bits per heavy atom. The van der Waals surface area contributed by atoms with Gasteiger partial charge in [-0.25, -0.2) is 0 Å². The number of amides is 1. The first-order valence-corrected chi connectivity index (χ1v) is 9.50. The monoisotopic (exact) mass is 389 g/mol. The van der Waals surface area contributed by atoms with Crippen molar-refractivity contribution in [3.05, 3.63) is 71.0 Å². The number of carbonyl (C=O) groups excluding carboxylic acids is 1. The third-order valence-corrected chi connectivity index (χ3v) is 4.75. The van der Waals surface area contributed by atoms with E-state index in [1.165, 1.54) is 5.56 Å². The number of pyridine rings is 1. The zero-order chi connectivity index (χ0) is 20.4. The molecule has 1 aromatic heterocycles. The van der Waals surface area contributed by atoms with Crippen LogP contribution in [0.5, 0.6) is 11.5 Å². The second kappa shape index (κ2) is 7.83. The molecule has 1 amide bonds. The maximum absolute atomic E-state index is 12.7. The molecule has 0 aliphatic carbocycles. The highest BCUT2D eigenvalue weighted by atomic mass is 16.6. The van der Waals surface area contributed by atoms with Gasteiger partial charge in [-0.05, 0) is 50.1 Å². The van der Waals surface area contributed by atoms with Gasteiger partial charge in [0.25, 0.3) is 5.91 Å². The Morgan fingerprint density at radius 3 is 2.38 bits per heavy atom. The lowest BCUT2D eigenvalue weighted by Gasteiger charge is -2.19. The molecule has 2 N–H and O–H groups in total. The molecule has 29 heavy (non-hydrogen) atoms. The van der Waals surface area contributed by atoms with Gasteiger partial charge in [0.1, 0.15) is 13.2 Å². The van der Waals surface area contributed by atoms with Gasteiger partial charge >= 0.3 is 0 Å². The first-order valence-electron chi connectivity index (χ1n) is 9.50. The van der Waals surface area contributed by atoms with Gasteiger partial charge in [-0.3, -0.25) is 9.78 Å². The quantitative estimate of drug-likeness (QED) is 0.672. The van der Waals surface area contributed by atoms with Crippen LogP contribution in [0.2, 0.25) is 0 Å². The summed E-state index contributed by atoms with van der Waals surface area (Å²) in [6.45, 7) is 7.24. The average Bonchev–Trinajstić information content (AvgIpc) is 2.71. The molecular weight excluding hydrogens is 366 g/mol. The van der Waals surface area contributed by atoms with Crippen molar-refractivity contribution >= 4 is 23.0 Å². The number of hydrogen-bond donors (Lipinski definition) is 2. The minimum Gasteiger partial charge on any atom is -0.486 e. The molecule has 2 heterocycles. The zero-order valence-corrected chi connectivity index (χ0v) is 16.7. The molecule has 4 rings (SSSR count). The van der Waals surface area contributed by atoms with E-state index in [-0.39, 0.29) is 5.91 Å². The lowest BCUT2D eigenvalue weighted by Crippen LogP contribution is -2.16. The highest BCUT2D eigenvalue weighted by Gasteiger charge is 2.14. The van der Waals surface area contributed by atoms with Gasteiger partial charge in [0.15, 0.2) is 11.5 Å². The van der Waals surface area contributed by atoms with Gasteiger partial charge in [-0.15, -0.1) is 0 Å². The third kappa shape index (κ3) is 4.16. The Labute approximate surface area is 169 Å². The lowest BCUT2D eigenvalue weighted by atomic mass is 10.0. The normalized spacial score (nSPS) is 12.4. The number of nitrogens with zero attached hydrogens (tertiary/aromatic N) is 1. The summed E-state index contributed by atoms with van der Waals surface area (Å²) in [5.74, 6) is 1.08. The number of ether oxygens (including phenoxy) is 2. The minimum atomic E-state index is -0.241. The van der Waals surface area contributed by atoms with E-state index in [0.717, 1.165) is 22.5 Å². The average molecular weight is 389 g/mol. The highest BCUT2D eigenvalue weighted by Crippen LogP contribution is 2.33. The summed E-state index contributed by atoms with van der Waals surface area (Å²) in [7, 11) is 0. The second-order valence-electron chi connectivity index (χ2n) is 7.17. The number of aromatic nitrogens is 1. The van der Waals surface area contributed by atoms with Crippen molar-refractivity contribution < 1.29 is 14.3 Å². The number of fused-ring (bicyclic) bond motifs is 1. The summed E-state index contributed by atoms with van der Waals surface area (Å²) in [6.07, 6.45) is 3.26. The number of carbonyl (C=O) groups is 1. The van der Waals surface area contributed by atoms with Crippen LogP contribution in [0.15, 0.2) is 48.8 Å². The van der Waals surface area contributed by atoms with Crippen molar-refractivity contribution in [1.82, 2.24) is 4.98 Å². The molecule has 148 valence electrons. The van der Waals surface area contributed by atoms with Crippen LogP contribution in [0.25, 0.3) is 0 Å². The molecule has 1 aliphatic heterocycles. The molecule has 1 aliphatic rings. The molecule has 0 saturated carbocycles. The van der Waals surface area contributed by atoms with Crippen molar-refractivity contribution in [3.8, 4) is 11.5 Å². The Hall–Kier alpha value is -3.54. The summed E-state index contributed by atoms with van der Waals surface area (Å²) in [6, 6.07) is 11.4. The number of aryl methyl sites for hydroxylation is 3. The maximum Gasteiger partial charge on any atom is 0.257 e. The van der Waals surface area contributed by atoms with Crippen molar-refractivity contribution in [1.29, 1.82) is 0 Å². The molecule has 6 heteroatoms. The van der Waals surface area contributed by atoms with Gasteiger partial charge in [-0.1, -0.05) is 17.7 Å². The largest absolute Gasteiger partial charge is 0.486 e. The standard InChI is InChI=1S/C23H23N3O3/c1-14-8-15(2)22(16(3)9-14)25-19-10-17(12-24-13-19)23(27)26-18-4-5-20-21(11-18)29-7-6-28-20/h4-5,8-13,25H,6-7H2,1-3H3,(H,26,27). The van der Waals surface area contributed by atoms with E-state index in [9.17, 15) is 4.79 Å². The summed E-state index contributed by atoms with van der Waals surface area (Å²) < 4.78 is 11.1. The van der Waals surface area contributed by atoms with E-state index in [1.54, 1.807) is 36.7 Å². The molecule has 2 aromatic carbocycles. The van der Waals surface area contributed by atoms with Crippen LogP contribution in [-0.4, -0.2) is 24.1 Å². The molecule has 0 bridgehead atoms. The topological polar surface area (TPSA) is 72.5 Å². The van der Waals surface area contributed by atoms with Gasteiger partial charge in [0.2, 0.25) is 0 Å². The van der Waals surface area contributed by atoms with Crippen LogP contribution in [0, 0.1) is 20.8 Å². The van der Waals surface area contributed by atoms with Crippen LogP contribution in [0.4, 0.5) is 17.1 Å². The fraction of sp³-hybridized carbons (Fsp3) is 0.217. The summed E-state index contributed by atoms with van der Waals surface area (Å²) in [5.41, 5.74) is 6.41. The van der Waals surface area contributed by atoms with E-state index in [1.807, 2.05) is 0 Å². The first kappa shape index (κ1) is 18.8. The van der Waals surface area contributed by atoms with Gasteiger partial charge in [-0.2, -0.15) is 0 Å². The molecule has 0 saturated heterocycles. The molecule has 0 unspecified atom stereocenters. The summed E-state index contributed by atoms with van der Waals surface area (Å²) in [5, 5.41) is 6.28. The molecule has 0 atom stereocenters. The van der Waals surface area contributed by atoms with Crippen LogP contribution < -0.4 is 20.1 Å². The number of nitrogens with one attached hydrogen (secondary N) is 2. The van der Waals surface area contributed by atoms with E-state index in [4.69, 9.17) is 9.47 Å². The van der Waals surface area contributed by atoms with E-state index in [2.05, 4.69) is 48.5 Å². The predicted molar refractivity (Wildman–Crippen MR) is 114 cm³/mol. The SMILES string of the molecule is Cc1cc(C)c(Nc2cncc(C(=O)Nc3ccc4c(c3)OCCO4)c2)c(C)c1. The van der Waals surface area contributed by atoms with Gasteiger partial charge < -0.3 is 20.1 Å². The smallest absolute Gasteiger partial charge is 0.257 e. The molecule has 6 nitrogen and oxygen atoms in total. The minimum absolute atomic E-state index is 0.241. The Bertz CT molecular complexity index is 1060. The maximum atomic E-state index is 12.7. The first-order chi connectivity index (χ1) is 14.0. The fourth-order valence-corrected chi connectivity index (χ4v) is 3.48. The Kier molecular flexibility index (Phi) is 5.08. The highest BCUT2D eigenvalue weighted by molar-refractivity contribution is 6.04. The van der Waals surface area contributed by atoms with Crippen molar-refractivity contribution in [2.75, 3.05) is 23.8 Å². The van der Waals surface area contributed by atoms with E-state index < -0.39 is 0 Å². The number of hydrogen-bond acceptors (Lipinski definition) is 5. The Balaban J connectivity index is 1.52. The van der Waals surface area contributed by atoms with Gasteiger partial charge in [0.05, 0.1) is 17.4 Å². The van der Waals surface area contributed by atoms with Crippen LogP contribution in [0.1, 0.15) is 27.0 Å². The molecule has 0 spiro atoms. The number of anilines is 3. The van der Waals surface area contributed by atoms with Crippen molar-refractivity contribution in [3.63, 3.8) is 0 Å². The van der Waals surface area contributed by atoms with Crippen LogP contribution in [-0.2, 0) is 0 Å². The van der Waals surface area contributed by atoms with Crippen LogP contribution >= 0.6 is 0 Å². The predicted octanol–water partition coefficient (Wildman–Crippen LogP) is 4.77. The molecule has 0 fully saturated rings. The van der Waals surface area contributed by atoms with Gasteiger partial charge in [0, 0.05) is 23.6 Å². The molecular formula is C23H23N3O3. The number of benzene rings is 2.